The number of fused-ring (bicyclic) bond motifs is 1. The van der Waals surface area contributed by atoms with Crippen LogP contribution in [0.1, 0.15) is 0 Å². The Morgan fingerprint density at radius 1 is 0.974 bits per heavy atom. The summed E-state index contributed by atoms with van der Waals surface area (Å²) in [5, 5.41) is 61.5. The molecule has 0 aliphatic rings. The summed E-state index contributed by atoms with van der Waals surface area (Å²) in [6.45, 7) is -0.357. The minimum atomic E-state index is -4.02. The fraction of sp³-hybridized carbons (Fsp3) is 0.200. The second kappa shape index (κ2) is 14.3. The summed E-state index contributed by atoms with van der Waals surface area (Å²) < 4.78 is 43.9. The molecule has 0 unspecified atom stereocenters. The summed E-state index contributed by atoms with van der Waals surface area (Å²) in [6, 6.07) is 8.49. The van der Waals surface area contributed by atoms with Gasteiger partial charge >= 0.3 is 0 Å². The molecule has 3 rings (SSSR count). The zero-order valence-electron chi connectivity index (χ0n) is 19.9. The summed E-state index contributed by atoms with van der Waals surface area (Å²) in [7, 11) is -1.32. The molecule has 0 saturated carbocycles. The minimum absolute atomic E-state index is 0.131. The van der Waals surface area contributed by atoms with Crippen LogP contribution in [0.15, 0.2) is 66.6 Å². The van der Waals surface area contributed by atoms with E-state index in [-0.39, 0.29) is 51.6 Å². The average Bonchev–Trinajstić information content (AvgIpc) is 2.92. The number of hydrogen-bond acceptors (Lipinski definition) is 18. The Balaban J connectivity index is 2.00. The lowest BCUT2D eigenvalue weighted by Crippen LogP contribution is -2.12. The van der Waals surface area contributed by atoms with Crippen LogP contribution in [-0.2, 0) is 32.8 Å². The van der Waals surface area contributed by atoms with E-state index in [1.54, 1.807) is 24.3 Å². The van der Waals surface area contributed by atoms with Crippen molar-refractivity contribution in [2.45, 2.75) is 9.79 Å². The standard InChI is InChI=1S/C20H20N4O12S3/c1-21-22-12-4-3-11-7-17(37-35-33-27)19(20(26)13(11)8-12)24-23-14-9-16(31-2)18(10-15(14)25)39(29,30)6-5-32-38-36-34-28/h3-4,7-10,25-28H,5-6H2,1-2H3. The van der Waals surface area contributed by atoms with E-state index in [1.165, 1.54) is 14.2 Å². The number of hydrogen-bond donors (Lipinski definition) is 4. The first-order chi connectivity index (χ1) is 18.7. The van der Waals surface area contributed by atoms with E-state index < -0.39 is 21.3 Å². The molecule has 0 spiro atoms. The number of methoxy groups -OCH3 is 1. The van der Waals surface area contributed by atoms with E-state index in [0.717, 1.165) is 12.1 Å². The lowest BCUT2D eigenvalue weighted by atomic mass is 10.1. The SMILES string of the molecule is CN=Nc1ccc2cc(SOOO)c(N=Nc3cc(OC)c(S(=O)(=O)CCOSOOO)cc3O)c(O)c2c1. The molecule has 0 amide bonds. The van der Waals surface area contributed by atoms with Gasteiger partial charge in [-0.1, -0.05) is 16.1 Å². The number of nitrogens with zero attached hydrogens (tertiary/aromatic N) is 4. The van der Waals surface area contributed by atoms with Crippen molar-refractivity contribution in [1.82, 2.24) is 0 Å². The smallest absolute Gasteiger partial charge is 0.197 e. The van der Waals surface area contributed by atoms with Crippen molar-refractivity contribution in [1.29, 1.82) is 0 Å². The third-order valence-corrected chi connectivity index (χ3v) is 7.49. The second-order valence-corrected chi connectivity index (χ2v) is 10.4. The molecule has 0 saturated heterocycles. The van der Waals surface area contributed by atoms with Gasteiger partial charge in [0, 0.05) is 24.6 Å². The van der Waals surface area contributed by atoms with Crippen LogP contribution >= 0.6 is 24.4 Å². The maximum Gasteiger partial charge on any atom is 0.197 e. The maximum atomic E-state index is 12.7. The van der Waals surface area contributed by atoms with Gasteiger partial charge in [0.05, 0.1) is 42.1 Å². The highest BCUT2D eigenvalue weighted by atomic mass is 32.2. The maximum absolute atomic E-state index is 12.7. The van der Waals surface area contributed by atoms with Crippen LogP contribution in [0.25, 0.3) is 10.8 Å². The zero-order chi connectivity index (χ0) is 28.4. The first-order valence-corrected chi connectivity index (χ1v) is 13.4. The summed E-state index contributed by atoms with van der Waals surface area (Å²) in [6.07, 6.45) is 0. The average molecular weight is 605 g/mol. The molecule has 0 fully saturated rings. The predicted octanol–water partition coefficient (Wildman–Crippen LogP) is 5.59. The molecule has 19 heteroatoms. The topological polar surface area (TPSA) is 220 Å². The molecule has 0 aromatic heterocycles. The Labute approximate surface area is 229 Å². The van der Waals surface area contributed by atoms with Gasteiger partial charge in [0.15, 0.2) is 27.9 Å². The number of sulfone groups is 1. The number of aromatic hydroxyl groups is 2. The van der Waals surface area contributed by atoms with Crippen molar-refractivity contribution in [2.75, 3.05) is 26.5 Å². The van der Waals surface area contributed by atoms with Crippen LogP contribution < -0.4 is 4.74 Å². The van der Waals surface area contributed by atoms with Gasteiger partial charge in [-0.05, 0) is 23.6 Å². The van der Waals surface area contributed by atoms with Gasteiger partial charge in [0.1, 0.15) is 27.8 Å². The normalized spacial score (nSPS) is 12.2. The number of ether oxygens (including phenoxy) is 1. The molecule has 0 aliphatic carbocycles. The van der Waals surface area contributed by atoms with Crippen LogP contribution in [0.4, 0.5) is 17.1 Å². The van der Waals surface area contributed by atoms with Gasteiger partial charge < -0.3 is 14.9 Å². The molecule has 3 aromatic rings. The van der Waals surface area contributed by atoms with Crippen LogP contribution in [-0.4, -0.2) is 55.7 Å². The van der Waals surface area contributed by atoms with Crippen molar-refractivity contribution in [3.8, 4) is 17.2 Å². The molecule has 0 bridgehead atoms. The summed E-state index contributed by atoms with van der Waals surface area (Å²) in [4.78, 5) is -0.188. The second-order valence-electron chi connectivity index (χ2n) is 7.05. The molecule has 210 valence electrons. The van der Waals surface area contributed by atoms with Crippen LogP contribution in [0.5, 0.6) is 17.2 Å². The van der Waals surface area contributed by atoms with Crippen molar-refractivity contribution in [2.24, 2.45) is 20.5 Å². The molecule has 0 radical (unpaired) electrons. The van der Waals surface area contributed by atoms with Gasteiger partial charge in [0.25, 0.3) is 0 Å². The highest BCUT2D eigenvalue weighted by Gasteiger charge is 2.23. The molecule has 39 heavy (non-hydrogen) atoms. The largest absolute Gasteiger partial charge is 0.506 e. The van der Waals surface area contributed by atoms with Gasteiger partial charge in [-0.25, -0.2) is 18.9 Å². The van der Waals surface area contributed by atoms with Crippen molar-refractivity contribution < 1.29 is 56.8 Å². The summed E-state index contributed by atoms with van der Waals surface area (Å²) in [5.41, 5.74) is 0.124. The Kier molecular flexibility index (Phi) is 11.2. The lowest BCUT2D eigenvalue weighted by Gasteiger charge is -2.12. The number of phenols is 2. The Morgan fingerprint density at radius 3 is 2.44 bits per heavy atom. The highest BCUT2D eigenvalue weighted by Crippen LogP contribution is 2.46. The monoisotopic (exact) mass is 604 g/mol. The fourth-order valence-corrected chi connectivity index (χ4v) is 5.24. The third kappa shape index (κ3) is 7.73. The fourth-order valence-electron chi connectivity index (χ4n) is 3.16. The number of azo groups is 2. The van der Waals surface area contributed by atoms with Crippen molar-refractivity contribution >= 4 is 62.0 Å². The summed E-state index contributed by atoms with van der Waals surface area (Å²) >= 11 is 0.730. The predicted molar refractivity (Wildman–Crippen MR) is 136 cm³/mol. The van der Waals surface area contributed by atoms with Gasteiger partial charge in [-0.3, -0.25) is 4.18 Å². The number of rotatable bonds is 14. The molecule has 4 N–H and O–H groups in total. The quantitative estimate of drug-likeness (QED) is 0.0579. The number of phenolic OH excluding ortho intramolecular Hbond substituents is 2. The Bertz CT molecular complexity index is 1470. The van der Waals surface area contributed by atoms with Crippen molar-refractivity contribution in [3.63, 3.8) is 0 Å². The molecular weight excluding hydrogens is 584 g/mol. The zero-order valence-corrected chi connectivity index (χ0v) is 22.4. The van der Waals surface area contributed by atoms with Crippen LogP contribution in [0.2, 0.25) is 0 Å². The van der Waals surface area contributed by atoms with E-state index in [0.29, 0.717) is 28.5 Å². The van der Waals surface area contributed by atoms with Gasteiger partial charge in [-0.2, -0.15) is 10.2 Å². The van der Waals surface area contributed by atoms with E-state index in [1.807, 2.05) is 0 Å². The van der Waals surface area contributed by atoms with E-state index in [2.05, 4.69) is 39.2 Å². The van der Waals surface area contributed by atoms with Gasteiger partial charge in [0.2, 0.25) is 0 Å². The highest BCUT2D eigenvalue weighted by molar-refractivity contribution is 7.94. The van der Waals surface area contributed by atoms with E-state index >= 15 is 0 Å². The first-order valence-electron chi connectivity index (χ1n) is 10.3. The molecular formula is C20H20N4O12S3. The Morgan fingerprint density at radius 2 is 1.74 bits per heavy atom. The molecule has 0 aliphatic heterocycles. The molecule has 16 nitrogen and oxygen atoms in total. The van der Waals surface area contributed by atoms with Crippen LogP contribution in [0, 0.1) is 0 Å². The van der Waals surface area contributed by atoms with Crippen LogP contribution in [0.3, 0.4) is 0 Å². The third-order valence-electron chi connectivity index (χ3n) is 4.80. The minimum Gasteiger partial charge on any atom is -0.506 e. The van der Waals surface area contributed by atoms with E-state index in [4.69, 9.17) is 19.4 Å². The molecule has 0 heterocycles. The molecule has 3 aromatic carbocycles. The summed E-state index contributed by atoms with van der Waals surface area (Å²) in [5.74, 6) is -1.61. The Hall–Kier alpha value is -3.11. The van der Waals surface area contributed by atoms with Gasteiger partial charge in [-0.15, -0.1) is 18.9 Å². The van der Waals surface area contributed by atoms with Crippen molar-refractivity contribution in [3.05, 3.63) is 36.4 Å². The first kappa shape index (κ1) is 30.4. The number of benzene rings is 3. The van der Waals surface area contributed by atoms with E-state index in [9.17, 15) is 18.6 Å². The lowest BCUT2D eigenvalue weighted by molar-refractivity contribution is -0.434. The molecule has 0 atom stereocenters.